The van der Waals surface area contributed by atoms with Crippen LogP contribution in [0.25, 0.3) is 0 Å². The summed E-state index contributed by atoms with van der Waals surface area (Å²) in [5.41, 5.74) is 1.41. The molecule has 0 aliphatic rings. The maximum absolute atomic E-state index is 4.80. The molecule has 0 saturated heterocycles. The molecule has 18 heavy (non-hydrogen) atoms. The van der Waals surface area contributed by atoms with E-state index in [1.165, 1.54) is 23.5 Å². The first-order valence-corrected chi connectivity index (χ1v) is 8.00. The molecule has 1 aromatic rings. The fraction of sp³-hybridized carbons (Fsp3) is 0.800. The third-order valence-corrected chi connectivity index (χ3v) is 4.03. The lowest BCUT2D eigenvalue weighted by Crippen LogP contribution is -2.24. The molecular weight excluding hydrogens is 240 g/mol. The van der Waals surface area contributed by atoms with Crippen LogP contribution in [0.4, 0.5) is 0 Å². The third kappa shape index (κ3) is 5.07. The molecule has 0 aromatic carbocycles. The van der Waals surface area contributed by atoms with Crippen molar-refractivity contribution >= 4 is 11.3 Å². The lowest BCUT2D eigenvalue weighted by molar-refractivity contribution is 0.442. The summed E-state index contributed by atoms with van der Waals surface area (Å²) in [7, 11) is 0. The first-order chi connectivity index (χ1) is 8.47. The highest BCUT2D eigenvalue weighted by atomic mass is 32.1. The second kappa shape index (κ2) is 7.25. The molecule has 0 amide bonds. The van der Waals surface area contributed by atoms with Gasteiger partial charge in [-0.1, -0.05) is 41.0 Å². The van der Waals surface area contributed by atoms with Crippen molar-refractivity contribution in [3.05, 3.63) is 16.1 Å². The topological polar surface area (TPSA) is 24.9 Å². The first kappa shape index (κ1) is 15.6. The molecule has 0 spiro atoms. The predicted molar refractivity (Wildman–Crippen MR) is 81.5 cm³/mol. The molecular formula is C15H28N2S. The maximum Gasteiger partial charge on any atom is 0.0931 e. The van der Waals surface area contributed by atoms with Crippen LogP contribution in [0.2, 0.25) is 0 Å². The summed E-state index contributed by atoms with van der Waals surface area (Å²) in [6.45, 7) is 13.3. The zero-order valence-electron chi connectivity index (χ0n) is 12.5. The Morgan fingerprint density at radius 1 is 1.33 bits per heavy atom. The van der Waals surface area contributed by atoms with E-state index in [0.29, 0.717) is 0 Å². The van der Waals surface area contributed by atoms with E-state index < -0.39 is 0 Å². The van der Waals surface area contributed by atoms with Gasteiger partial charge in [0.05, 0.1) is 10.7 Å². The summed E-state index contributed by atoms with van der Waals surface area (Å²) >= 11 is 1.83. The van der Waals surface area contributed by atoms with Gasteiger partial charge in [0.1, 0.15) is 0 Å². The Morgan fingerprint density at radius 2 is 2.06 bits per heavy atom. The van der Waals surface area contributed by atoms with Crippen molar-refractivity contribution in [2.75, 3.05) is 13.1 Å². The van der Waals surface area contributed by atoms with Crippen LogP contribution in [-0.4, -0.2) is 18.1 Å². The summed E-state index contributed by atoms with van der Waals surface area (Å²) in [4.78, 5) is 4.80. The summed E-state index contributed by atoms with van der Waals surface area (Å²) < 4.78 is 0. The maximum atomic E-state index is 4.80. The minimum atomic E-state index is 0.177. The van der Waals surface area contributed by atoms with Crippen molar-refractivity contribution in [3.8, 4) is 0 Å². The SMILES string of the molecule is CCCC(CNCC)Cc1nc(C(C)(C)C)cs1. The van der Waals surface area contributed by atoms with Gasteiger partial charge < -0.3 is 5.32 Å². The van der Waals surface area contributed by atoms with Crippen molar-refractivity contribution in [2.24, 2.45) is 5.92 Å². The smallest absolute Gasteiger partial charge is 0.0931 e. The van der Waals surface area contributed by atoms with E-state index in [4.69, 9.17) is 4.98 Å². The van der Waals surface area contributed by atoms with Crippen LogP contribution in [0, 0.1) is 5.92 Å². The van der Waals surface area contributed by atoms with Crippen LogP contribution >= 0.6 is 11.3 Å². The largest absolute Gasteiger partial charge is 0.317 e. The molecule has 0 saturated carbocycles. The van der Waals surface area contributed by atoms with E-state index in [1.54, 1.807) is 0 Å². The standard InChI is InChI=1S/C15H28N2S/c1-6-8-12(10-16-7-2)9-14-17-13(11-18-14)15(3,4)5/h11-12,16H,6-10H2,1-5H3. The monoisotopic (exact) mass is 268 g/mol. The van der Waals surface area contributed by atoms with Gasteiger partial charge in [-0.2, -0.15) is 0 Å². The van der Waals surface area contributed by atoms with Crippen molar-refractivity contribution in [1.82, 2.24) is 10.3 Å². The number of hydrogen-bond donors (Lipinski definition) is 1. The Labute approximate surface area is 116 Å². The van der Waals surface area contributed by atoms with Crippen molar-refractivity contribution in [2.45, 2.75) is 59.3 Å². The second-order valence-corrected chi connectivity index (χ2v) is 6.99. The summed E-state index contributed by atoms with van der Waals surface area (Å²) in [5.74, 6) is 0.730. The van der Waals surface area contributed by atoms with Crippen LogP contribution in [0.3, 0.4) is 0 Å². The van der Waals surface area contributed by atoms with Gasteiger partial charge >= 0.3 is 0 Å². The molecule has 0 radical (unpaired) electrons. The lowest BCUT2D eigenvalue weighted by Gasteiger charge is -2.16. The molecule has 104 valence electrons. The molecule has 1 N–H and O–H groups in total. The number of thiazole rings is 1. The Kier molecular flexibility index (Phi) is 6.30. The Hall–Kier alpha value is -0.410. The van der Waals surface area contributed by atoms with Gasteiger partial charge in [-0.05, 0) is 25.4 Å². The molecule has 0 fully saturated rings. The molecule has 1 unspecified atom stereocenters. The minimum absolute atomic E-state index is 0.177. The lowest BCUT2D eigenvalue weighted by atomic mass is 9.93. The fourth-order valence-electron chi connectivity index (χ4n) is 2.03. The van der Waals surface area contributed by atoms with Gasteiger partial charge in [-0.25, -0.2) is 4.98 Å². The number of nitrogens with zero attached hydrogens (tertiary/aromatic N) is 1. The minimum Gasteiger partial charge on any atom is -0.317 e. The molecule has 1 heterocycles. The van der Waals surface area contributed by atoms with E-state index in [-0.39, 0.29) is 5.41 Å². The summed E-state index contributed by atoms with van der Waals surface area (Å²) in [6.07, 6.45) is 3.67. The van der Waals surface area contributed by atoms with Crippen LogP contribution in [0.5, 0.6) is 0 Å². The number of hydrogen-bond acceptors (Lipinski definition) is 3. The Morgan fingerprint density at radius 3 is 2.56 bits per heavy atom. The number of aromatic nitrogens is 1. The molecule has 1 atom stereocenters. The van der Waals surface area contributed by atoms with Crippen LogP contribution in [0.1, 0.15) is 58.2 Å². The van der Waals surface area contributed by atoms with Crippen LogP contribution < -0.4 is 5.32 Å². The molecule has 0 aliphatic carbocycles. The van der Waals surface area contributed by atoms with Gasteiger partial charge in [-0.15, -0.1) is 11.3 Å². The molecule has 1 rings (SSSR count). The van der Waals surface area contributed by atoms with E-state index in [1.807, 2.05) is 11.3 Å². The zero-order chi connectivity index (χ0) is 13.6. The van der Waals surface area contributed by atoms with Crippen LogP contribution in [-0.2, 0) is 11.8 Å². The van der Waals surface area contributed by atoms with Gasteiger partial charge in [0.2, 0.25) is 0 Å². The quantitative estimate of drug-likeness (QED) is 0.808. The zero-order valence-corrected chi connectivity index (χ0v) is 13.4. The highest BCUT2D eigenvalue weighted by Crippen LogP contribution is 2.25. The highest BCUT2D eigenvalue weighted by Gasteiger charge is 2.18. The summed E-state index contributed by atoms with van der Waals surface area (Å²) in [5, 5.41) is 7.00. The average Bonchev–Trinajstić information content (AvgIpc) is 2.74. The first-order valence-electron chi connectivity index (χ1n) is 7.13. The van der Waals surface area contributed by atoms with E-state index in [2.05, 4.69) is 45.3 Å². The number of nitrogens with one attached hydrogen (secondary N) is 1. The molecule has 0 bridgehead atoms. The molecule has 3 heteroatoms. The Balaban J connectivity index is 2.60. The van der Waals surface area contributed by atoms with Crippen LogP contribution in [0.15, 0.2) is 5.38 Å². The third-order valence-electron chi connectivity index (χ3n) is 3.16. The second-order valence-electron chi connectivity index (χ2n) is 6.04. The van der Waals surface area contributed by atoms with E-state index in [9.17, 15) is 0 Å². The van der Waals surface area contributed by atoms with Crippen molar-refractivity contribution < 1.29 is 0 Å². The van der Waals surface area contributed by atoms with Gasteiger partial charge in [0, 0.05) is 17.2 Å². The molecule has 1 aromatic heterocycles. The van der Waals surface area contributed by atoms with Gasteiger partial charge in [0.15, 0.2) is 0 Å². The van der Waals surface area contributed by atoms with Gasteiger partial charge in [-0.3, -0.25) is 0 Å². The van der Waals surface area contributed by atoms with E-state index >= 15 is 0 Å². The highest BCUT2D eigenvalue weighted by molar-refractivity contribution is 7.09. The molecule has 2 nitrogen and oxygen atoms in total. The fourth-order valence-corrected chi connectivity index (χ4v) is 3.17. The molecule has 0 aliphatic heterocycles. The van der Waals surface area contributed by atoms with Crippen molar-refractivity contribution in [1.29, 1.82) is 0 Å². The Bertz CT molecular complexity index is 339. The summed E-state index contributed by atoms with van der Waals surface area (Å²) in [6, 6.07) is 0. The normalized spacial score (nSPS) is 13.8. The van der Waals surface area contributed by atoms with Gasteiger partial charge in [0.25, 0.3) is 0 Å². The average molecular weight is 268 g/mol. The van der Waals surface area contributed by atoms with E-state index in [0.717, 1.165) is 25.4 Å². The number of rotatable bonds is 7. The predicted octanol–water partition coefficient (Wildman–Crippen LogP) is 4.01. The van der Waals surface area contributed by atoms with Crippen molar-refractivity contribution in [3.63, 3.8) is 0 Å².